The molecule has 1 fully saturated rings. The second kappa shape index (κ2) is 6.51. The molecule has 1 aliphatic rings. The highest BCUT2D eigenvalue weighted by molar-refractivity contribution is 7.89. The fourth-order valence-corrected chi connectivity index (χ4v) is 4.72. The predicted molar refractivity (Wildman–Crippen MR) is 87.5 cm³/mol. The van der Waals surface area contributed by atoms with Gasteiger partial charge in [-0.1, -0.05) is 35.9 Å². The molecule has 0 bridgehead atoms. The summed E-state index contributed by atoms with van der Waals surface area (Å²) < 4.78 is 40.2. The van der Waals surface area contributed by atoms with Gasteiger partial charge in [0.15, 0.2) is 0 Å². The molecular formula is C16H14ClFN2O3S. The van der Waals surface area contributed by atoms with Crippen LogP contribution in [0, 0.1) is 5.82 Å². The predicted octanol–water partition coefficient (Wildman–Crippen LogP) is 2.34. The second-order valence-corrected chi connectivity index (χ2v) is 7.56. The molecule has 0 aromatic heterocycles. The molecule has 1 atom stereocenters. The summed E-state index contributed by atoms with van der Waals surface area (Å²) in [6.07, 6.45) is 0. The largest absolute Gasteiger partial charge is 0.353 e. The van der Waals surface area contributed by atoms with Crippen molar-refractivity contribution >= 4 is 27.5 Å². The highest BCUT2D eigenvalue weighted by Gasteiger charge is 2.40. The van der Waals surface area contributed by atoms with Crippen molar-refractivity contribution in [2.75, 3.05) is 13.1 Å². The van der Waals surface area contributed by atoms with Crippen LogP contribution in [0.25, 0.3) is 0 Å². The summed E-state index contributed by atoms with van der Waals surface area (Å²) in [5, 5.41) is 2.73. The smallest absolute Gasteiger partial charge is 0.245 e. The van der Waals surface area contributed by atoms with E-state index in [1.54, 1.807) is 12.1 Å². The lowest BCUT2D eigenvalue weighted by molar-refractivity contribution is -0.126. The van der Waals surface area contributed by atoms with E-state index in [1.165, 1.54) is 36.4 Å². The maximum Gasteiger partial charge on any atom is 0.245 e. The Morgan fingerprint density at radius 1 is 1.12 bits per heavy atom. The summed E-state index contributed by atoms with van der Waals surface area (Å²) in [4.78, 5) is 12.2. The Morgan fingerprint density at radius 2 is 1.79 bits per heavy atom. The molecule has 1 saturated heterocycles. The lowest BCUT2D eigenvalue weighted by Crippen LogP contribution is -2.52. The van der Waals surface area contributed by atoms with Crippen LogP contribution in [0.2, 0.25) is 5.02 Å². The van der Waals surface area contributed by atoms with Gasteiger partial charge in [0.1, 0.15) is 16.8 Å². The van der Waals surface area contributed by atoms with Crippen LogP contribution in [0.3, 0.4) is 0 Å². The summed E-state index contributed by atoms with van der Waals surface area (Å²) in [6, 6.07) is 10.2. The van der Waals surface area contributed by atoms with Gasteiger partial charge >= 0.3 is 0 Å². The summed E-state index contributed by atoms with van der Waals surface area (Å²) >= 11 is 6.02. The average Bonchev–Trinajstić information content (AvgIpc) is 2.56. The van der Waals surface area contributed by atoms with Crippen LogP contribution >= 0.6 is 11.6 Å². The van der Waals surface area contributed by atoms with Crippen LogP contribution < -0.4 is 5.32 Å². The second-order valence-electron chi connectivity index (χ2n) is 5.29. The highest BCUT2D eigenvalue weighted by Crippen LogP contribution is 2.32. The summed E-state index contributed by atoms with van der Waals surface area (Å²) in [5.74, 6) is -0.918. The Labute approximate surface area is 144 Å². The van der Waals surface area contributed by atoms with Crippen molar-refractivity contribution in [3.05, 3.63) is 64.9 Å². The van der Waals surface area contributed by atoms with Crippen LogP contribution in [-0.2, 0) is 14.8 Å². The number of hydrogen-bond donors (Lipinski definition) is 1. The van der Waals surface area contributed by atoms with Crippen molar-refractivity contribution in [1.82, 2.24) is 9.62 Å². The van der Waals surface area contributed by atoms with E-state index in [0.717, 1.165) is 4.31 Å². The van der Waals surface area contributed by atoms with E-state index in [-0.39, 0.29) is 23.0 Å². The number of piperazine rings is 1. The molecule has 3 rings (SSSR count). The van der Waals surface area contributed by atoms with E-state index < -0.39 is 27.8 Å². The van der Waals surface area contributed by atoms with Crippen LogP contribution in [0.5, 0.6) is 0 Å². The van der Waals surface area contributed by atoms with Crippen molar-refractivity contribution in [3.63, 3.8) is 0 Å². The minimum atomic E-state index is -3.99. The van der Waals surface area contributed by atoms with E-state index in [9.17, 15) is 17.6 Å². The Morgan fingerprint density at radius 3 is 2.46 bits per heavy atom. The molecule has 1 amide bonds. The normalized spacial score (nSPS) is 19.1. The van der Waals surface area contributed by atoms with Crippen molar-refractivity contribution in [2.24, 2.45) is 0 Å². The van der Waals surface area contributed by atoms with Crippen LogP contribution in [0.4, 0.5) is 4.39 Å². The SMILES string of the molecule is O=C1NCCN(S(=O)(=O)c2ccccc2Cl)C1c1ccc(F)cc1. The molecule has 126 valence electrons. The molecule has 5 nitrogen and oxygen atoms in total. The lowest BCUT2D eigenvalue weighted by atomic mass is 10.0. The summed E-state index contributed by atoms with van der Waals surface area (Å²) in [5.41, 5.74) is 0.393. The molecule has 1 unspecified atom stereocenters. The van der Waals surface area contributed by atoms with E-state index in [0.29, 0.717) is 5.56 Å². The standard InChI is InChI=1S/C16H14ClFN2O3S/c17-13-3-1-2-4-14(13)24(22,23)20-10-9-19-16(21)15(20)11-5-7-12(18)8-6-11/h1-8,15H,9-10H2,(H,19,21). The van der Waals surface area contributed by atoms with Crippen molar-refractivity contribution in [3.8, 4) is 0 Å². The zero-order chi connectivity index (χ0) is 17.3. The molecular weight excluding hydrogens is 355 g/mol. The Balaban J connectivity index is 2.08. The fraction of sp³-hybridized carbons (Fsp3) is 0.188. The van der Waals surface area contributed by atoms with Gasteiger partial charge in [-0.2, -0.15) is 4.31 Å². The Bertz CT molecular complexity index is 871. The zero-order valence-corrected chi connectivity index (χ0v) is 14.0. The molecule has 0 radical (unpaired) electrons. The molecule has 2 aromatic carbocycles. The zero-order valence-electron chi connectivity index (χ0n) is 12.4. The number of benzene rings is 2. The summed E-state index contributed by atoms with van der Waals surface area (Å²) in [7, 11) is -3.99. The van der Waals surface area contributed by atoms with Gasteiger partial charge in [-0.25, -0.2) is 12.8 Å². The first-order valence-corrected chi connectivity index (χ1v) is 9.02. The Hall–Kier alpha value is -1.96. The molecule has 1 heterocycles. The fourth-order valence-electron chi connectivity index (χ4n) is 2.65. The number of rotatable bonds is 3. The number of nitrogens with one attached hydrogen (secondary N) is 1. The molecule has 1 N–H and O–H groups in total. The van der Waals surface area contributed by atoms with Gasteiger partial charge in [0, 0.05) is 13.1 Å². The molecule has 8 heteroatoms. The number of halogens is 2. The van der Waals surface area contributed by atoms with Crippen LogP contribution in [0.15, 0.2) is 53.4 Å². The highest BCUT2D eigenvalue weighted by atomic mass is 35.5. The number of nitrogens with zero attached hydrogens (tertiary/aromatic N) is 1. The molecule has 0 saturated carbocycles. The maximum absolute atomic E-state index is 13.2. The number of amides is 1. The van der Waals surface area contributed by atoms with Crippen molar-refractivity contribution in [1.29, 1.82) is 0 Å². The first-order chi connectivity index (χ1) is 11.4. The topological polar surface area (TPSA) is 66.5 Å². The van der Waals surface area contributed by atoms with Gasteiger partial charge in [-0.15, -0.1) is 0 Å². The Kier molecular flexibility index (Phi) is 4.58. The first kappa shape index (κ1) is 16.9. The molecule has 0 spiro atoms. The van der Waals surface area contributed by atoms with Crippen molar-refractivity contribution in [2.45, 2.75) is 10.9 Å². The lowest BCUT2D eigenvalue weighted by Gasteiger charge is -2.34. The number of hydrogen-bond acceptors (Lipinski definition) is 3. The third-order valence-corrected chi connectivity index (χ3v) is 6.14. The summed E-state index contributed by atoms with van der Waals surface area (Å²) in [6.45, 7) is 0.293. The molecule has 0 aliphatic carbocycles. The van der Waals surface area contributed by atoms with E-state index in [1.807, 2.05) is 0 Å². The van der Waals surface area contributed by atoms with Gasteiger partial charge < -0.3 is 5.32 Å². The van der Waals surface area contributed by atoms with Gasteiger partial charge in [0.2, 0.25) is 15.9 Å². The quantitative estimate of drug-likeness (QED) is 0.904. The maximum atomic E-state index is 13.2. The van der Waals surface area contributed by atoms with Gasteiger partial charge in [-0.3, -0.25) is 4.79 Å². The average molecular weight is 369 g/mol. The minimum Gasteiger partial charge on any atom is -0.353 e. The van der Waals surface area contributed by atoms with E-state index in [2.05, 4.69) is 5.32 Å². The third-order valence-electron chi connectivity index (χ3n) is 3.78. The van der Waals surface area contributed by atoms with E-state index >= 15 is 0 Å². The number of carbonyl (C=O) groups excluding carboxylic acids is 1. The monoisotopic (exact) mass is 368 g/mol. The van der Waals surface area contributed by atoms with Crippen LogP contribution in [0.1, 0.15) is 11.6 Å². The third kappa shape index (κ3) is 3.02. The minimum absolute atomic E-state index is 0.0616. The van der Waals surface area contributed by atoms with Gasteiger partial charge in [-0.05, 0) is 29.8 Å². The van der Waals surface area contributed by atoms with E-state index in [4.69, 9.17) is 11.6 Å². The first-order valence-electron chi connectivity index (χ1n) is 7.21. The van der Waals surface area contributed by atoms with Crippen molar-refractivity contribution < 1.29 is 17.6 Å². The number of sulfonamides is 1. The van der Waals surface area contributed by atoms with Gasteiger partial charge in [0.25, 0.3) is 0 Å². The number of carbonyl (C=O) groups is 1. The van der Waals surface area contributed by atoms with Gasteiger partial charge in [0.05, 0.1) is 5.02 Å². The molecule has 24 heavy (non-hydrogen) atoms. The molecule has 1 aliphatic heterocycles. The van der Waals surface area contributed by atoms with Crippen LogP contribution in [-0.4, -0.2) is 31.7 Å². The molecule has 2 aromatic rings.